The summed E-state index contributed by atoms with van der Waals surface area (Å²) in [6, 6.07) is 2.61. The molecule has 0 bridgehead atoms. The Balaban J connectivity index is 2.38. The lowest BCUT2D eigenvalue weighted by Gasteiger charge is -2.14. The van der Waals surface area contributed by atoms with Gasteiger partial charge in [0.25, 0.3) is 5.91 Å². The van der Waals surface area contributed by atoms with Gasteiger partial charge in [0.2, 0.25) is 0 Å². The van der Waals surface area contributed by atoms with Crippen LogP contribution in [0.15, 0.2) is 22.8 Å². The molecule has 0 spiro atoms. The molecule has 1 aromatic heterocycles. The molecule has 106 valence electrons. The van der Waals surface area contributed by atoms with Crippen LogP contribution in [0.5, 0.6) is 0 Å². The van der Waals surface area contributed by atoms with Crippen molar-refractivity contribution in [1.82, 2.24) is 10.3 Å². The van der Waals surface area contributed by atoms with Crippen molar-refractivity contribution in [2.24, 2.45) is 0 Å². The van der Waals surface area contributed by atoms with Crippen LogP contribution in [0.3, 0.4) is 0 Å². The maximum atomic E-state index is 11.8. The molecule has 1 amide bonds. The van der Waals surface area contributed by atoms with Crippen molar-refractivity contribution in [2.45, 2.75) is 19.1 Å². The van der Waals surface area contributed by atoms with E-state index >= 15 is 0 Å². The summed E-state index contributed by atoms with van der Waals surface area (Å²) in [6.45, 7) is -0.00134. The van der Waals surface area contributed by atoms with Gasteiger partial charge in [-0.1, -0.05) is 0 Å². The first kappa shape index (κ1) is 15.9. The second-order valence-corrected chi connectivity index (χ2v) is 4.78. The maximum Gasteiger partial charge on any atom is 0.411 e. The summed E-state index contributed by atoms with van der Waals surface area (Å²) in [7, 11) is 0. The monoisotopic (exact) mass is 340 g/mol. The number of hydrogen-bond acceptors (Lipinski definition) is 3. The van der Waals surface area contributed by atoms with E-state index < -0.39 is 24.7 Å². The third-order valence-electron chi connectivity index (χ3n) is 1.97. The predicted molar refractivity (Wildman–Crippen MR) is 65.7 cm³/mol. The van der Waals surface area contributed by atoms with Gasteiger partial charge in [-0.15, -0.1) is 0 Å². The quantitative estimate of drug-likeness (QED) is 0.896. The average Bonchev–Trinajstić information content (AvgIpc) is 2.27. The van der Waals surface area contributed by atoms with E-state index in [0.717, 1.165) is 4.47 Å². The van der Waals surface area contributed by atoms with E-state index in [2.05, 4.69) is 31.0 Å². The average molecular weight is 341 g/mol. The molecule has 1 aromatic rings. The van der Waals surface area contributed by atoms with Gasteiger partial charge in [-0.3, -0.25) is 4.79 Å². The van der Waals surface area contributed by atoms with Crippen molar-refractivity contribution >= 4 is 21.8 Å². The molecule has 1 atom stereocenters. The highest BCUT2D eigenvalue weighted by Crippen LogP contribution is 2.14. The number of carbonyl (C=O) groups is 1. The Hall–Kier alpha value is -1.15. The van der Waals surface area contributed by atoms with Crippen LogP contribution in [0.2, 0.25) is 0 Å². The number of nitrogens with one attached hydrogen (secondary N) is 1. The second kappa shape index (κ2) is 6.85. The summed E-state index contributed by atoms with van der Waals surface area (Å²) < 4.78 is 40.7. The number of halogens is 4. The van der Waals surface area contributed by atoms with Crippen molar-refractivity contribution in [2.75, 3.05) is 13.2 Å². The van der Waals surface area contributed by atoms with E-state index in [1.807, 2.05) is 0 Å². The third kappa shape index (κ3) is 6.53. The van der Waals surface area contributed by atoms with Gasteiger partial charge in [-0.05, 0) is 35.0 Å². The SMILES string of the molecule is C[C@@H](COCC(F)(F)F)NC(=O)c1ccc(Br)cn1. The fraction of sp³-hybridized carbons (Fsp3) is 0.455. The Morgan fingerprint density at radius 1 is 1.53 bits per heavy atom. The molecule has 0 aliphatic heterocycles. The van der Waals surface area contributed by atoms with Gasteiger partial charge in [-0.25, -0.2) is 4.98 Å². The van der Waals surface area contributed by atoms with Crippen molar-refractivity contribution in [3.8, 4) is 0 Å². The number of rotatable bonds is 5. The van der Waals surface area contributed by atoms with Crippen LogP contribution < -0.4 is 5.32 Å². The zero-order valence-corrected chi connectivity index (χ0v) is 11.6. The van der Waals surface area contributed by atoms with E-state index in [0.29, 0.717) is 0 Å². The van der Waals surface area contributed by atoms with Crippen LogP contribution in [0.4, 0.5) is 13.2 Å². The highest BCUT2D eigenvalue weighted by Gasteiger charge is 2.27. The van der Waals surface area contributed by atoms with Crippen molar-refractivity contribution in [3.05, 3.63) is 28.5 Å². The number of carbonyl (C=O) groups excluding carboxylic acids is 1. The van der Waals surface area contributed by atoms with E-state index in [4.69, 9.17) is 0 Å². The first-order valence-corrected chi connectivity index (χ1v) is 6.14. The molecule has 0 aromatic carbocycles. The maximum absolute atomic E-state index is 11.8. The van der Waals surface area contributed by atoms with E-state index in [-0.39, 0.29) is 12.3 Å². The van der Waals surface area contributed by atoms with Gasteiger partial charge in [0.05, 0.1) is 6.61 Å². The molecule has 1 N–H and O–H groups in total. The molecule has 0 fully saturated rings. The first-order chi connectivity index (χ1) is 8.78. The van der Waals surface area contributed by atoms with Crippen molar-refractivity contribution in [3.63, 3.8) is 0 Å². The zero-order chi connectivity index (χ0) is 14.5. The Kier molecular flexibility index (Phi) is 5.74. The topological polar surface area (TPSA) is 51.2 Å². The van der Waals surface area contributed by atoms with Crippen LogP contribution in [0, 0.1) is 0 Å². The van der Waals surface area contributed by atoms with Gasteiger partial charge in [0, 0.05) is 16.7 Å². The van der Waals surface area contributed by atoms with Gasteiger partial charge < -0.3 is 10.1 Å². The lowest BCUT2D eigenvalue weighted by molar-refractivity contribution is -0.174. The smallest absolute Gasteiger partial charge is 0.370 e. The Morgan fingerprint density at radius 3 is 2.74 bits per heavy atom. The van der Waals surface area contributed by atoms with E-state index in [9.17, 15) is 18.0 Å². The second-order valence-electron chi connectivity index (χ2n) is 3.87. The summed E-state index contributed by atoms with van der Waals surface area (Å²) in [5.74, 6) is -0.462. The fourth-order valence-electron chi connectivity index (χ4n) is 1.20. The molecular weight excluding hydrogens is 329 g/mol. The Bertz CT molecular complexity index is 423. The molecule has 1 heterocycles. The lowest BCUT2D eigenvalue weighted by Crippen LogP contribution is -2.37. The number of ether oxygens (including phenoxy) is 1. The van der Waals surface area contributed by atoms with E-state index in [1.54, 1.807) is 13.0 Å². The normalized spacial score (nSPS) is 13.1. The summed E-state index contributed by atoms with van der Waals surface area (Å²) in [5, 5.41) is 2.49. The van der Waals surface area contributed by atoms with Gasteiger partial charge in [-0.2, -0.15) is 13.2 Å². The number of hydrogen-bond donors (Lipinski definition) is 1. The fourth-order valence-corrected chi connectivity index (χ4v) is 1.44. The Morgan fingerprint density at radius 2 is 2.21 bits per heavy atom. The first-order valence-electron chi connectivity index (χ1n) is 5.35. The molecule has 19 heavy (non-hydrogen) atoms. The van der Waals surface area contributed by atoms with E-state index in [1.165, 1.54) is 12.3 Å². The van der Waals surface area contributed by atoms with Crippen LogP contribution in [-0.2, 0) is 4.74 Å². The number of amides is 1. The minimum Gasteiger partial charge on any atom is -0.370 e. The molecule has 1 rings (SSSR count). The highest BCUT2D eigenvalue weighted by molar-refractivity contribution is 9.10. The molecule has 0 radical (unpaired) electrons. The van der Waals surface area contributed by atoms with Gasteiger partial charge >= 0.3 is 6.18 Å². The predicted octanol–water partition coefficient (Wildman–Crippen LogP) is 2.54. The summed E-state index contributed by atoms with van der Waals surface area (Å²) in [5.41, 5.74) is 0.186. The number of nitrogens with zero attached hydrogens (tertiary/aromatic N) is 1. The number of pyridine rings is 1. The Labute approximate surface area is 116 Å². The molecule has 0 aliphatic rings. The molecule has 0 saturated carbocycles. The van der Waals surface area contributed by atoms with Crippen molar-refractivity contribution in [1.29, 1.82) is 0 Å². The molecule has 4 nitrogen and oxygen atoms in total. The third-order valence-corrected chi connectivity index (χ3v) is 2.44. The summed E-state index contributed by atoms with van der Waals surface area (Å²) in [4.78, 5) is 15.5. The number of aromatic nitrogens is 1. The van der Waals surface area contributed by atoms with Crippen LogP contribution in [0.1, 0.15) is 17.4 Å². The molecule has 0 unspecified atom stereocenters. The number of alkyl halides is 3. The minimum atomic E-state index is -4.36. The molecule has 0 saturated heterocycles. The molecular formula is C11H12BrF3N2O2. The largest absolute Gasteiger partial charge is 0.411 e. The molecule has 0 aliphatic carbocycles. The summed E-state index contributed by atoms with van der Waals surface area (Å²) >= 11 is 3.18. The van der Waals surface area contributed by atoms with Crippen LogP contribution >= 0.6 is 15.9 Å². The van der Waals surface area contributed by atoms with Gasteiger partial charge in [0.15, 0.2) is 0 Å². The lowest BCUT2D eigenvalue weighted by atomic mass is 10.3. The minimum absolute atomic E-state index is 0.186. The van der Waals surface area contributed by atoms with Crippen LogP contribution in [0.25, 0.3) is 0 Å². The highest BCUT2D eigenvalue weighted by atomic mass is 79.9. The van der Waals surface area contributed by atoms with Gasteiger partial charge in [0.1, 0.15) is 12.3 Å². The van der Waals surface area contributed by atoms with Crippen molar-refractivity contribution < 1.29 is 22.7 Å². The molecule has 8 heteroatoms. The van der Waals surface area contributed by atoms with Crippen LogP contribution in [-0.4, -0.2) is 36.3 Å². The standard InChI is InChI=1S/C11H12BrF3N2O2/c1-7(5-19-6-11(13,14)15)17-10(18)9-3-2-8(12)4-16-9/h2-4,7H,5-6H2,1H3,(H,17,18)/t7-/m0/s1. The zero-order valence-electron chi connectivity index (χ0n) is 10.00. The summed E-state index contributed by atoms with van der Waals surface area (Å²) in [6.07, 6.45) is -2.91.